The molecule has 0 saturated heterocycles. The normalized spacial score (nSPS) is 12.8. The molecule has 0 aliphatic heterocycles. The largest absolute Gasteiger partial charge is 0.461 e. The molecule has 0 radical (unpaired) electrons. The first-order valence-electron chi connectivity index (χ1n) is 6.66. The van der Waals surface area contributed by atoms with Crippen LogP contribution in [-0.4, -0.2) is 5.11 Å². The molecule has 0 spiro atoms. The molecule has 108 valence electrons. The molecule has 2 aromatic carbocycles. The number of para-hydroxylation sites is 1. The first kappa shape index (κ1) is 14.5. The van der Waals surface area contributed by atoms with E-state index in [0.717, 1.165) is 27.9 Å². The number of rotatable bonds is 3. The summed E-state index contributed by atoms with van der Waals surface area (Å²) in [6.07, 6.45) is -0.298. The van der Waals surface area contributed by atoms with Crippen LogP contribution in [0, 0.1) is 6.92 Å². The van der Waals surface area contributed by atoms with Gasteiger partial charge >= 0.3 is 0 Å². The standard InChI is InChI=1S/C17H14Cl2O2/c1-10-17(13-4-2-3-5-16(13)21-10)15(20)9-11-8-12(18)6-7-14(11)19/h2-8,15,20H,9H2,1H3. The second kappa shape index (κ2) is 5.72. The lowest BCUT2D eigenvalue weighted by atomic mass is 9.99. The third-order valence-corrected chi connectivity index (χ3v) is 4.18. The molecule has 21 heavy (non-hydrogen) atoms. The van der Waals surface area contributed by atoms with Gasteiger partial charge in [0.15, 0.2) is 0 Å². The summed E-state index contributed by atoms with van der Waals surface area (Å²) < 4.78 is 5.69. The Morgan fingerprint density at radius 3 is 2.71 bits per heavy atom. The van der Waals surface area contributed by atoms with E-state index in [2.05, 4.69) is 0 Å². The fourth-order valence-corrected chi connectivity index (χ4v) is 3.00. The fourth-order valence-electron chi connectivity index (χ4n) is 2.61. The fraction of sp³-hybridized carbons (Fsp3) is 0.176. The van der Waals surface area contributed by atoms with E-state index in [1.807, 2.05) is 31.2 Å². The van der Waals surface area contributed by atoms with Crippen molar-refractivity contribution in [3.8, 4) is 0 Å². The molecule has 1 aromatic heterocycles. The first-order valence-corrected chi connectivity index (χ1v) is 7.42. The van der Waals surface area contributed by atoms with Gasteiger partial charge in [0.2, 0.25) is 0 Å². The molecule has 0 aliphatic carbocycles. The third-order valence-electron chi connectivity index (χ3n) is 3.57. The number of furan rings is 1. The molecule has 0 amide bonds. The monoisotopic (exact) mass is 320 g/mol. The molecule has 3 rings (SSSR count). The van der Waals surface area contributed by atoms with Crippen molar-refractivity contribution in [2.24, 2.45) is 0 Å². The summed E-state index contributed by atoms with van der Waals surface area (Å²) in [7, 11) is 0. The van der Waals surface area contributed by atoms with Crippen molar-refractivity contribution >= 4 is 34.2 Å². The highest BCUT2D eigenvalue weighted by Gasteiger charge is 2.19. The lowest BCUT2D eigenvalue weighted by Crippen LogP contribution is -2.03. The average molecular weight is 321 g/mol. The molecule has 1 heterocycles. The van der Waals surface area contributed by atoms with Crippen LogP contribution in [0.5, 0.6) is 0 Å². The topological polar surface area (TPSA) is 33.4 Å². The first-order chi connectivity index (χ1) is 10.1. The van der Waals surface area contributed by atoms with E-state index in [0.29, 0.717) is 16.5 Å². The van der Waals surface area contributed by atoms with Gasteiger partial charge in [-0.2, -0.15) is 0 Å². The van der Waals surface area contributed by atoms with Crippen LogP contribution in [0.25, 0.3) is 11.0 Å². The zero-order valence-corrected chi connectivity index (χ0v) is 12.9. The summed E-state index contributed by atoms with van der Waals surface area (Å²) in [4.78, 5) is 0. The maximum Gasteiger partial charge on any atom is 0.134 e. The number of benzene rings is 2. The Morgan fingerprint density at radius 1 is 1.14 bits per heavy atom. The summed E-state index contributed by atoms with van der Waals surface area (Å²) in [5.74, 6) is 0.724. The molecule has 0 saturated carbocycles. The number of aliphatic hydroxyl groups excluding tert-OH is 1. The van der Waals surface area contributed by atoms with E-state index < -0.39 is 6.10 Å². The Balaban J connectivity index is 1.99. The van der Waals surface area contributed by atoms with E-state index in [9.17, 15) is 5.11 Å². The zero-order valence-electron chi connectivity index (χ0n) is 11.4. The molecule has 0 aliphatic rings. The minimum Gasteiger partial charge on any atom is -0.461 e. The van der Waals surface area contributed by atoms with E-state index in [1.165, 1.54) is 0 Å². The lowest BCUT2D eigenvalue weighted by Gasteiger charge is -2.12. The van der Waals surface area contributed by atoms with Crippen LogP contribution >= 0.6 is 23.2 Å². The van der Waals surface area contributed by atoms with Gasteiger partial charge < -0.3 is 9.52 Å². The lowest BCUT2D eigenvalue weighted by molar-refractivity contribution is 0.177. The number of hydrogen-bond acceptors (Lipinski definition) is 2. The Morgan fingerprint density at radius 2 is 1.90 bits per heavy atom. The maximum atomic E-state index is 10.6. The predicted molar refractivity (Wildman–Crippen MR) is 86.1 cm³/mol. The summed E-state index contributed by atoms with van der Waals surface area (Å²) in [6, 6.07) is 12.9. The Hall–Kier alpha value is -1.48. The van der Waals surface area contributed by atoms with Gasteiger partial charge in [0.25, 0.3) is 0 Å². The predicted octanol–water partition coefficient (Wildman–Crippen LogP) is 5.32. The van der Waals surface area contributed by atoms with Gasteiger partial charge in [0, 0.05) is 27.4 Å². The SMILES string of the molecule is Cc1oc2ccccc2c1C(O)Cc1cc(Cl)ccc1Cl. The summed E-state index contributed by atoms with van der Waals surface area (Å²) in [5, 5.41) is 12.7. The maximum absolute atomic E-state index is 10.6. The molecule has 0 bridgehead atoms. The van der Waals surface area contributed by atoms with Crippen LogP contribution in [0.15, 0.2) is 46.9 Å². The van der Waals surface area contributed by atoms with E-state index in [4.69, 9.17) is 27.6 Å². The van der Waals surface area contributed by atoms with Crippen LogP contribution in [0.3, 0.4) is 0 Å². The molecule has 0 fully saturated rings. The van der Waals surface area contributed by atoms with Crippen molar-refractivity contribution in [3.63, 3.8) is 0 Å². The summed E-state index contributed by atoms with van der Waals surface area (Å²) in [5.41, 5.74) is 2.41. The Bertz CT molecular complexity index is 793. The van der Waals surface area contributed by atoms with Gasteiger partial charge in [-0.25, -0.2) is 0 Å². The van der Waals surface area contributed by atoms with Crippen LogP contribution in [0.4, 0.5) is 0 Å². The van der Waals surface area contributed by atoms with Crippen molar-refractivity contribution < 1.29 is 9.52 Å². The minimum atomic E-state index is -0.690. The Labute approximate surface area is 132 Å². The third kappa shape index (κ3) is 2.80. The molecule has 1 unspecified atom stereocenters. The molecular formula is C17H14Cl2O2. The van der Waals surface area contributed by atoms with Crippen molar-refractivity contribution in [2.45, 2.75) is 19.4 Å². The number of fused-ring (bicyclic) bond motifs is 1. The molecule has 3 aromatic rings. The summed E-state index contributed by atoms with van der Waals surface area (Å²) >= 11 is 12.2. The van der Waals surface area contributed by atoms with Gasteiger partial charge in [0.05, 0.1) is 6.10 Å². The molecular weight excluding hydrogens is 307 g/mol. The highest BCUT2D eigenvalue weighted by Crippen LogP contribution is 2.33. The van der Waals surface area contributed by atoms with Gasteiger partial charge in [-0.1, -0.05) is 41.4 Å². The number of hydrogen-bond donors (Lipinski definition) is 1. The summed E-state index contributed by atoms with van der Waals surface area (Å²) in [6.45, 7) is 1.86. The van der Waals surface area contributed by atoms with Crippen LogP contribution in [0.1, 0.15) is 23.0 Å². The van der Waals surface area contributed by atoms with Crippen LogP contribution in [-0.2, 0) is 6.42 Å². The van der Waals surface area contributed by atoms with Crippen molar-refractivity contribution in [2.75, 3.05) is 0 Å². The van der Waals surface area contributed by atoms with Crippen molar-refractivity contribution in [3.05, 3.63) is 69.4 Å². The van der Waals surface area contributed by atoms with E-state index in [-0.39, 0.29) is 0 Å². The zero-order chi connectivity index (χ0) is 15.0. The highest BCUT2D eigenvalue weighted by molar-refractivity contribution is 6.33. The second-order valence-electron chi connectivity index (χ2n) is 5.02. The molecule has 2 nitrogen and oxygen atoms in total. The number of aliphatic hydroxyl groups is 1. The van der Waals surface area contributed by atoms with Crippen LogP contribution in [0.2, 0.25) is 10.0 Å². The second-order valence-corrected chi connectivity index (χ2v) is 5.87. The highest BCUT2D eigenvalue weighted by atomic mass is 35.5. The van der Waals surface area contributed by atoms with Crippen molar-refractivity contribution in [1.82, 2.24) is 0 Å². The van der Waals surface area contributed by atoms with Crippen molar-refractivity contribution in [1.29, 1.82) is 0 Å². The molecule has 1 N–H and O–H groups in total. The number of aryl methyl sites for hydroxylation is 1. The van der Waals surface area contributed by atoms with E-state index in [1.54, 1.807) is 18.2 Å². The van der Waals surface area contributed by atoms with Gasteiger partial charge in [0.1, 0.15) is 11.3 Å². The smallest absolute Gasteiger partial charge is 0.134 e. The molecule has 1 atom stereocenters. The van der Waals surface area contributed by atoms with Crippen LogP contribution < -0.4 is 0 Å². The Kier molecular flexibility index (Phi) is 3.94. The average Bonchev–Trinajstić information content (AvgIpc) is 2.78. The van der Waals surface area contributed by atoms with E-state index >= 15 is 0 Å². The van der Waals surface area contributed by atoms with Gasteiger partial charge in [-0.05, 0) is 36.8 Å². The quantitative estimate of drug-likeness (QED) is 0.708. The van der Waals surface area contributed by atoms with Gasteiger partial charge in [-0.3, -0.25) is 0 Å². The van der Waals surface area contributed by atoms with Gasteiger partial charge in [-0.15, -0.1) is 0 Å². The minimum absolute atomic E-state index is 0.393. The number of halogens is 2. The molecule has 4 heteroatoms.